The van der Waals surface area contributed by atoms with Crippen LogP contribution in [0.15, 0.2) is 60.7 Å². The Bertz CT molecular complexity index is 561. The summed E-state index contributed by atoms with van der Waals surface area (Å²) in [6.45, 7) is 0. The van der Waals surface area contributed by atoms with Crippen LogP contribution < -0.4 is 0 Å². The summed E-state index contributed by atoms with van der Waals surface area (Å²) in [5.41, 5.74) is 0.685. The molecule has 0 heterocycles. The summed E-state index contributed by atoms with van der Waals surface area (Å²) in [7, 11) is 0. The van der Waals surface area contributed by atoms with Crippen molar-refractivity contribution in [2.75, 3.05) is 0 Å². The molecule has 0 saturated carbocycles. The molecule has 20 heavy (non-hydrogen) atoms. The summed E-state index contributed by atoms with van der Waals surface area (Å²) in [5.74, 6) is -1.70. The molecule has 0 unspecified atom stereocenters. The van der Waals surface area contributed by atoms with Gasteiger partial charge < -0.3 is 0 Å². The number of ketones is 1. The SMILES string of the molecule is O=C(c1ccccc1)[C@@H](CC(F)(F)F)c1ccccc1. The first kappa shape index (κ1) is 14.3. The Morgan fingerprint density at radius 2 is 1.40 bits per heavy atom. The number of benzene rings is 2. The monoisotopic (exact) mass is 278 g/mol. The maximum Gasteiger partial charge on any atom is 0.390 e. The molecule has 2 aromatic carbocycles. The van der Waals surface area contributed by atoms with Gasteiger partial charge in [0.1, 0.15) is 0 Å². The van der Waals surface area contributed by atoms with Gasteiger partial charge in [0.25, 0.3) is 0 Å². The lowest BCUT2D eigenvalue weighted by Crippen LogP contribution is -2.21. The molecule has 0 radical (unpaired) electrons. The molecule has 0 N–H and O–H groups in total. The van der Waals surface area contributed by atoms with E-state index in [1.54, 1.807) is 48.5 Å². The first-order valence-electron chi connectivity index (χ1n) is 6.18. The van der Waals surface area contributed by atoms with Gasteiger partial charge in [-0.25, -0.2) is 0 Å². The van der Waals surface area contributed by atoms with E-state index >= 15 is 0 Å². The van der Waals surface area contributed by atoms with Crippen molar-refractivity contribution < 1.29 is 18.0 Å². The smallest absolute Gasteiger partial charge is 0.293 e. The molecule has 0 amide bonds. The molecular weight excluding hydrogens is 265 g/mol. The Kier molecular flexibility index (Phi) is 4.23. The average molecular weight is 278 g/mol. The number of rotatable bonds is 4. The molecule has 2 aromatic rings. The molecule has 2 rings (SSSR count). The van der Waals surface area contributed by atoms with Gasteiger partial charge >= 0.3 is 6.18 Å². The third kappa shape index (κ3) is 3.70. The highest BCUT2D eigenvalue weighted by Crippen LogP contribution is 2.33. The Morgan fingerprint density at radius 1 is 0.900 bits per heavy atom. The van der Waals surface area contributed by atoms with Gasteiger partial charge in [-0.15, -0.1) is 0 Å². The predicted molar refractivity (Wildman–Crippen MR) is 70.6 cm³/mol. The van der Waals surface area contributed by atoms with E-state index in [1.807, 2.05) is 0 Å². The van der Waals surface area contributed by atoms with Crippen molar-refractivity contribution in [2.24, 2.45) is 0 Å². The van der Waals surface area contributed by atoms with E-state index in [1.165, 1.54) is 12.1 Å². The molecule has 1 nitrogen and oxygen atoms in total. The van der Waals surface area contributed by atoms with Gasteiger partial charge in [-0.05, 0) is 5.56 Å². The van der Waals surface area contributed by atoms with Crippen LogP contribution in [-0.4, -0.2) is 12.0 Å². The Hall–Kier alpha value is -2.10. The normalized spacial score (nSPS) is 12.9. The number of carbonyl (C=O) groups excluding carboxylic acids is 1. The van der Waals surface area contributed by atoms with Crippen LogP contribution in [0.25, 0.3) is 0 Å². The first-order valence-corrected chi connectivity index (χ1v) is 6.18. The van der Waals surface area contributed by atoms with E-state index in [9.17, 15) is 18.0 Å². The van der Waals surface area contributed by atoms with E-state index in [2.05, 4.69) is 0 Å². The second-order valence-electron chi connectivity index (χ2n) is 4.51. The van der Waals surface area contributed by atoms with Crippen molar-refractivity contribution in [1.29, 1.82) is 0 Å². The molecule has 1 atom stereocenters. The highest BCUT2D eigenvalue weighted by atomic mass is 19.4. The average Bonchev–Trinajstić information content (AvgIpc) is 2.45. The summed E-state index contributed by atoms with van der Waals surface area (Å²) < 4.78 is 38.1. The quantitative estimate of drug-likeness (QED) is 0.747. The van der Waals surface area contributed by atoms with Gasteiger partial charge in [0.15, 0.2) is 5.78 Å². The van der Waals surface area contributed by atoms with Crippen molar-refractivity contribution in [3.8, 4) is 0 Å². The van der Waals surface area contributed by atoms with E-state index in [4.69, 9.17) is 0 Å². The van der Waals surface area contributed by atoms with Crippen LogP contribution in [0.2, 0.25) is 0 Å². The molecule has 0 aliphatic carbocycles. The van der Waals surface area contributed by atoms with Gasteiger partial charge in [0, 0.05) is 5.56 Å². The van der Waals surface area contributed by atoms with Crippen molar-refractivity contribution in [2.45, 2.75) is 18.5 Å². The number of halogens is 3. The van der Waals surface area contributed by atoms with E-state index in [0.717, 1.165) is 0 Å². The van der Waals surface area contributed by atoms with Crippen LogP contribution in [0.5, 0.6) is 0 Å². The number of alkyl halides is 3. The van der Waals surface area contributed by atoms with Crippen molar-refractivity contribution in [3.63, 3.8) is 0 Å². The fourth-order valence-electron chi connectivity index (χ4n) is 2.08. The van der Waals surface area contributed by atoms with Crippen molar-refractivity contribution in [3.05, 3.63) is 71.8 Å². The Labute approximate surface area is 115 Å². The topological polar surface area (TPSA) is 17.1 Å². The fraction of sp³-hybridized carbons (Fsp3) is 0.188. The van der Waals surface area contributed by atoms with Crippen LogP contribution in [0, 0.1) is 0 Å². The molecule has 0 bridgehead atoms. The summed E-state index contributed by atoms with van der Waals surface area (Å²) in [6, 6.07) is 16.2. The number of Topliss-reactive ketones (excluding diaryl/α,β-unsaturated/α-hetero) is 1. The predicted octanol–water partition coefficient (Wildman–Crippen LogP) is 4.61. The number of hydrogen-bond acceptors (Lipinski definition) is 1. The van der Waals surface area contributed by atoms with Crippen LogP contribution in [0.4, 0.5) is 13.2 Å². The maximum atomic E-state index is 12.7. The standard InChI is InChI=1S/C16H13F3O/c17-16(18,19)11-14(12-7-3-1-4-8-12)15(20)13-9-5-2-6-10-13/h1-10,14H,11H2/t14-/m0/s1. The summed E-state index contributed by atoms with van der Waals surface area (Å²) in [5, 5.41) is 0. The van der Waals surface area contributed by atoms with Crippen molar-refractivity contribution in [1.82, 2.24) is 0 Å². The van der Waals surface area contributed by atoms with Gasteiger partial charge in [-0.2, -0.15) is 13.2 Å². The second kappa shape index (κ2) is 5.90. The van der Waals surface area contributed by atoms with Crippen molar-refractivity contribution >= 4 is 5.78 Å². The molecule has 0 spiro atoms. The molecule has 104 valence electrons. The zero-order valence-corrected chi connectivity index (χ0v) is 10.6. The maximum absolute atomic E-state index is 12.7. The highest BCUT2D eigenvalue weighted by molar-refractivity contribution is 6.01. The molecule has 0 aromatic heterocycles. The largest absolute Gasteiger partial charge is 0.390 e. The third-order valence-corrected chi connectivity index (χ3v) is 3.01. The van der Waals surface area contributed by atoms with Gasteiger partial charge in [-0.1, -0.05) is 60.7 Å². The molecule has 0 aliphatic heterocycles. The number of hydrogen-bond donors (Lipinski definition) is 0. The molecule has 0 fully saturated rings. The highest BCUT2D eigenvalue weighted by Gasteiger charge is 2.36. The minimum atomic E-state index is -4.38. The van der Waals surface area contributed by atoms with E-state index < -0.39 is 24.3 Å². The fourth-order valence-corrected chi connectivity index (χ4v) is 2.08. The molecule has 0 saturated heterocycles. The summed E-state index contributed by atoms with van der Waals surface area (Å²) >= 11 is 0. The number of carbonyl (C=O) groups is 1. The van der Waals surface area contributed by atoms with Crippen LogP contribution >= 0.6 is 0 Å². The lowest BCUT2D eigenvalue weighted by atomic mass is 9.88. The second-order valence-corrected chi connectivity index (χ2v) is 4.51. The first-order chi connectivity index (χ1) is 9.47. The zero-order valence-electron chi connectivity index (χ0n) is 10.6. The lowest BCUT2D eigenvalue weighted by Gasteiger charge is -2.18. The van der Waals surface area contributed by atoms with E-state index in [0.29, 0.717) is 11.1 Å². The summed E-state index contributed by atoms with van der Waals surface area (Å²) in [6.07, 6.45) is -5.53. The van der Waals surface area contributed by atoms with Crippen LogP contribution in [0.3, 0.4) is 0 Å². The van der Waals surface area contributed by atoms with Gasteiger partial charge in [0.05, 0.1) is 12.3 Å². The van der Waals surface area contributed by atoms with Gasteiger partial charge in [-0.3, -0.25) is 4.79 Å². The summed E-state index contributed by atoms with van der Waals surface area (Å²) in [4.78, 5) is 12.3. The molecule has 4 heteroatoms. The Balaban J connectivity index is 2.35. The zero-order chi connectivity index (χ0) is 14.6. The van der Waals surface area contributed by atoms with E-state index in [-0.39, 0.29) is 0 Å². The van der Waals surface area contributed by atoms with Crippen LogP contribution in [-0.2, 0) is 0 Å². The molecule has 0 aliphatic rings. The minimum absolute atomic E-state index is 0.297. The van der Waals surface area contributed by atoms with Gasteiger partial charge in [0.2, 0.25) is 0 Å². The molecular formula is C16H13F3O. The third-order valence-electron chi connectivity index (χ3n) is 3.01. The Morgan fingerprint density at radius 3 is 1.90 bits per heavy atom. The van der Waals surface area contributed by atoms with Crippen LogP contribution in [0.1, 0.15) is 28.3 Å². The lowest BCUT2D eigenvalue weighted by molar-refractivity contribution is -0.136. The minimum Gasteiger partial charge on any atom is -0.293 e.